The number of nitrogens with one attached hydrogen (secondary N) is 1. The molecule has 0 aromatic heterocycles. The van der Waals surface area contributed by atoms with E-state index in [-0.39, 0.29) is 0 Å². The Balaban J connectivity index is 3.06. The van der Waals surface area contributed by atoms with Gasteiger partial charge in [-0.3, -0.25) is 0 Å². The molecule has 60 valence electrons. The fraction of sp³-hybridized carbons (Fsp3) is 0.333. The third-order valence-corrected chi connectivity index (χ3v) is 2.02. The third-order valence-electron chi connectivity index (χ3n) is 1.74. The summed E-state index contributed by atoms with van der Waals surface area (Å²) in [5, 5.41) is 3.14. The number of rotatable bonds is 2. The van der Waals surface area contributed by atoms with E-state index in [0.29, 0.717) is 0 Å². The Bertz CT molecular complexity index is 245. The topological polar surface area (TPSA) is 12.0 Å². The van der Waals surface area contributed by atoms with Gasteiger partial charge >= 0.3 is 0 Å². The SMILES string of the molecule is CCc1ccc(S)cc1NC. The van der Waals surface area contributed by atoms with Crippen molar-refractivity contribution in [2.75, 3.05) is 12.4 Å². The van der Waals surface area contributed by atoms with Crippen molar-refractivity contribution < 1.29 is 0 Å². The number of benzene rings is 1. The van der Waals surface area contributed by atoms with Crippen LogP contribution in [0.2, 0.25) is 0 Å². The van der Waals surface area contributed by atoms with Gasteiger partial charge in [-0.15, -0.1) is 12.6 Å². The molecule has 1 aromatic rings. The van der Waals surface area contributed by atoms with Crippen molar-refractivity contribution in [1.82, 2.24) is 0 Å². The van der Waals surface area contributed by atoms with Crippen LogP contribution in [0, 0.1) is 0 Å². The summed E-state index contributed by atoms with van der Waals surface area (Å²) in [4.78, 5) is 1.01. The molecule has 1 nitrogen and oxygen atoms in total. The second-order valence-corrected chi connectivity index (χ2v) is 2.96. The van der Waals surface area contributed by atoms with Crippen molar-refractivity contribution in [2.24, 2.45) is 0 Å². The van der Waals surface area contributed by atoms with Gasteiger partial charge in [0.15, 0.2) is 0 Å². The Hall–Kier alpha value is -0.630. The van der Waals surface area contributed by atoms with Gasteiger partial charge in [0.05, 0.1) is 0 Å². The Morgan fingerprint density at radius 1 is 1.45 bits per heavy atom. The number of thiol groups is 1. The number of hydrogen-bond acceptors (Lipinski definition) is 2. The highest BCUT2D eigenvalue weighted by atomic mass is 32.1. The second kappa shape index (κ2) is 3.67. The lowest BCUT2D eigenvalue weighted by molar-refractivity contribution is 1.13. The van der Waals surface area contributed by atoms with E-state index in [9.17, 15) is 0 Å². The molecule has 0 saturated carbocycles. The molecule has 0 aliphatic heterocycles. The molecular formula is C9H13NS. The van der Waals surface area contributed by atoms with Crippen LogP contribution in [0.3, 0.4) is 0 Å². The predicted molar refractivity (Wildman–Crippen MR) is 52.6 cm³/mol. The Morgan fingerprint density at radius 2 is 2.18 bits per heavy atom. The summed E-state index contributed by atoms with van der Waals surface area (Å²) in [6.45, 7) is 2.15. The lowest BCUT2D eigenvalue weighted by Crippen LogP contribution is -1.93. The van der Waals surface area contributed by atoms with Crippen LogP contribution < -0.4 is 5.32 Å². The minimum absolute atomic E-state index is 1.01. The van der Waals surface area contributed by atoms with Crippen LogP contribution in [0.4, 0.5) is 5.69 Å². The maximum absolute atomic E-state index is 4.25. The van der Waals surface area contributed by atoms with Gasteiger partial charge in [-0.1, -0.05) is 13.0 Å². The molecule has 11 heavy (non-hydrogen) atoms. The van der Waals surface area contributed by atoms with Crippen LogP contribution in [-0.2, 0) is 6.42 Å². The molecule has 0 amide bonds. The van der Waals surface area contributed by atoms with Gasteiger partial charge in [0.1, 0.15) is 0 Å². The first kappa shape index (κ1) is 8.47. The summed E-state index contributed by atoms with van der Waals surface area (Å²) >= 11 is 4.25. The van der Waals surface area contributed by atoms with Crippen LogP contribution >= 0.6 is 12.6 Å². The fourth-order valence-corrected chi connectivity index (χ4v) is 1.31. The van der Waals surface area contributed by atoms with E-state index in [0.717, 1.165) is 11.3 Å². The van der Waals surface area contributed by atoms with E-state index in [2.05, 4.69) is 30.9 Å². The standard InChI is InChI=1S/C9H13NS/c1-3-7-4-5-8(11)6-9(7)10-2/h4-6,10-11H,3H2,1-2H3. The molecule has 0 bridgehead atoms. The average molecular weight is 167 g/mol. The maximum atomic E-state index is 4.25. The van der Waals surface area contributed by atoms with Crippen molar-refractivity contribution in [3.63, 3.8) is 0 Å². The van der Waals surface area contributed by atoms with E-state index < -0.39 is 0 Å². The van der Waals surface area contributed by atoms with Crippen LogP contribution in [-0.4, -0.2) is 7.05 Å². The van der Waals surface area contributed by atoms with Crippen molar-refractivity contribution >= 4 is 18.3 Å². The lowest BCUT2D eigenvalue weighted by Gasteiger charge is -2.06. The first-order valence-corrected chi connectivity index (χ1v) is 4.22. The van der Waals surface area contributed by atoms with Gasteiger partial charge in [-0.2, -0.15) is 0 Å². The maximum Gasteiger partial charge on any atom is 0.0381 e. The molecule has 0 radical (unpaired) electrons. The molecule has 2 heteroatoms. The summed E-state index contributed by atoms with van der Waals surface area (Å²) in [5.74, 6) is 0. The molecule has 0 unspecified atom stereocenters. The predicted octanol–water partition coefficient (Wildman–Crippen LogP) is 2.58. The minimum Gasteiger partial charge on any atom is -0.388 e. The molecule has 1 aromatic carbocycles. The molecule has 0 aliphatic rings. The Morgan fingerprint density at radius 3 is 2.73 bits per heavy atom. The van der Waals surface area contributed by atoms with Crippen molar-refractivity contribution in [1.29, 1.82) is 0 Å². The normalized spacial score (nSPS) is 9.73. The van der Waals surface area contributed by atoms with Crippen LogP contribution in [0.5, 0.6) is 0 Å². The van der Waals surface area contributed by atoms with E-state index in [1.807, 2.05) is 19.2 Å². The highest BCUT2D eigenvalue weighted by Crippen LogP contribution is 2.19. The highest BCUT2D eigenvalue weighted by molar-refractivity contribution is 7.80. The summed E-state index contributed by atoms with van der Waals surface area (Å²) < 4.78 is 0. The Labute approximate surface area is 73.2 Å². The van der Waals surface area contributed by atoms with E-state index >= 15 is 0 Å². The fourth-order valence-electron chi connectivity index (χ4n) is 1.11. The summed E-state index contributed by atoms with van der Waals surface area (Å²) in [6, 6.07) is 6.17. The van der Waals surface area contributed by atoms with Crippen molar-refractivity contribution in [3.8, 4) is 0 Å². The summed E-state index contributed by atoms with van der Waals surface area (Å²) in [5.41, 5.74) is 2.52. The van der Waals surface area contributed by atoms with Gasteiger partial charge in [0.2, 0.25) is 0 Å². The molecule has 0 heterocycles. The zero-order valence-electron chi connectivity index (χ0n) is 6.89. The van der Waals surface area contributed by atoms with Crippen LogP contribution in [0.1, 0.15) is 12.5 Å². The first-order valence-electron chi connectivity index (χ1n) is 3.77. The van der Waals surface area contributed by atoms with Crippen LogP contribution in [0.25, 0.3) is 0 Å². The number of anilines is 1. The molecular weight excluding hydrogens is 154 g/mol. The molecule has 1 N–H and O–H groups in total. The summed E-state index contributed by atoms with van der Waals surface area (Å²) in [6.07, 6.45) is 1.06. The van der Waals surface area contributed by atoms with E-state index in [4.69, 9.17) is 0 Å². The minimum atomic E-state index is 1.01. The average Bonchev–Trinajstić information content (AvgIpc) is 2.04. The van der Waals surface area contributed by atoms with Gasteiger partial charge in [0.25, 0.3) is 0 Å². The van der Waals surface area contributed by atoms with E-state index in [1.54, 1.807) is 0 Å². The molecule has 0 fully saturated rings. The lowest BCUT2D eigenvalue weighted by atomic mass is 10.1. The molecule has 1 rings (SSSR count). The van der Waals surface area contributed by atoms with Gasteiger partial charge in [-0.25, -0.2) is 0 Å². The van der Waals surface area contributed by atoms with Crippen LogP contribution in [0.15, 0.2) is 23.1 Å². The largest absolute Gasteiger partial charge is 0.388 e. The smallest absolute Gasteiger partial charge is 0.0381 e. The number of hydrogen-bond donors (Lipinski definition) is 2. The third kappa shape index (κ3) is 1.90. The van der Waals surface area contributed by atoms with E-state index in [1.165, 1.54) is 11.3 Å². The van der Waals surface area contributed by atoms with Gasteiger partial charge in [-0.05, 0) is 24.1 Å². The van der Waals surface area contributed by atoms with Gasteiger partial charge < -0.3 is 5.32 Å². The van der Waals surface area contributed by atoms with Crippen molar-refractivity contribution in [3.05, 3.63) is 23.8 Å². The molecule has 0 saturated heterocycles. The highest BCUT2D eigenvalue weighted by Gasteiger charge is 1.97. The molecule has 0 aliphatic carbocycles. The summed E-state index contributed by atoms with van der Waals surface area (Å²) in [7, 11) is 1.93. The van der Waals surface area contributed by atoms with Gasteiger partial charge in [0, 0.05) is 17.6 Å². The zero-order chi connectivity index (χ0) is 8.27. The Kier molecular flexibility index (Phi) is 2.83. The second-order valence-electron chi connectivity index (χ2n) is 2.45. The monoisotopic (exact) mass is 167 g/mol. The quantitative estimate of drug-likeness (QED) is 0.645. The van der Waals surface area contributed by atoms with Crippen molar-refractivity contribution in [2.45, 2.75) is 18.2 Å². The molecule has 0 atom stereocenters. The first-order chi connectivity index (χ1) is 5.27. The number of aryl methyl sites for hydroxylation is 1. The molecule has 0 spiro atoms. The zero-order valence-corrected chi connectivity index (χ0v) is 7.78.